The van der Waals surface area contributed by atoms with Gasteiger partial charge in [0.2, 0.25) is 0 Å². The summed E-state index contributed by atoms with van der Waals surface area (Å²) >= 11 is 6.02. The summed E-state index contributed by atoms with van der Waals surface area (Å²) < 4.78 is 22.1. The number of amides is 1. The van der Waals surface area contributed by atoms with Crippen molar-refractivity contribution < 1.29 is 43.7 Å². The van der Waals surface area contributed by atoms with E-state index in [4.69, 9.17) is 30.1 Å². The Morgan fingerprint density at radius 2 is 1.49 bits per heavy atom. The van der Waals surface area contributed by atoms with Crippen molar-refractivity contribution in [3.8, 4) is 79.4 Å². The molecule has 0 fully saturated rings. The van der Waals surface area contributed by atoms with E-state index >= 15 is 0 Å². The lowest BCUT2D eigenvalue weighted by molar-refractivity contribution is 0.0947. The van der Waals surface area contributed by atoms with Crippen LogP contribution in [0.1, 0.15) is 23.1 Å². The Morgan fingerprint density at radius 3 is 2.28 bits per heavy atom. The topological polar surface area (TPSA) is 193 Å². The summed E-state index contributed by atoms with van der Waals surface area (Å²) in [5.74, 6) is 0.930. The van der Waals surface area contributed by atoms with Crippen LogP contribution >= 0.6 is 11.6 Å². The van der Waals surface area contributed by atoms with Gasteiger partial charge in [0.25, 0.3) is 5.91 Å². The number of nitrogens with one attached hydrogen (secondary N) is 1. The number of aryl methyl sites for hydroxylation is 1. The molecular formula is C39H31ClN4O9. The molecule has 0 radical (unpaired) electrons. The van der Waals surface area contributed by atoms with Crippen molar-refractivity contribution >= 4 is 28.4 Å². The third-order valence-electron chi connectivity index (χ3n) is 8.37. The lowest BCUT2D eigenvalue weighted by Gasteiger charge is -2.19. The lowest BCUT2D eigenvalue weighted by Crippen LogP contribution is -2.23. The summed E-state index contributed by atoms with van der Waals surface area (Å²) in [6.45, 7) is 5.08. The van der Waals surface area contributed by atoms with E-state index in [0.29, 0.717) is 59.4 Å². The zero-order chi connectivity index (χ0) is 37.2. The number of hydrogen-bond acceptors (Lipinski definition) is 12. The summed E-state index contributed by atoms with van der Waals surface area (Å²) in [6, 6.07) is 21.6. The molecule has 0 saturated carbocycles. The summed E-state index contributed by atoms with van der Waals surface area (Å²) in [7, 11) is 0. The van der Waals surface area contributed by atoms with Crippen LogP contribution in [-0.4, -0.2) is 61.4 Å². The standard InChI is InChI=1S/C21H16ClN3O4.C18H15NO5/c1-2-23-21(28)19-18(12-5-6-15-11(8-12)4-3-7-24-15)20(29-25-19)13-9-14(22)17(27)10-16(13)26;1-10-17(11-2-5-15-16(8-11)23-7-6-22-15)18(24-19-10)13-4-3-12(20)9-14(13)21/h3-10,26-27H,2H2,1H3,(H,23,28);2-5,8-9,20-21H,6-7H2,1H3. The fourth-order valence-electron chi connectivity index (χ4n) is 5.91. The van der Waals surface area contributed by atoms with Gasteiger partial charge in [-0.2, -0.15) is 0 Å². The molecule has 7 aromatic rings. The number of hydrogen-bond donors (Lipinski definition) is 5. The van der Waals surface area contributed by atoms with Crippen molar-refractivity contribution in [2.45, 2.75) is 13.8 Å². The third kappa shape index (κ3) is 6.85. The molecule has 53 heavy (non-hydrogen) atoms. The van der Waals surface area contributed by atoms with Crippen molar-refractivity contribution in [1.29, 1.82) is 0 Å². The number of fused-ring (bicyclic) bond motifs is 2. The maximum Gasteiger partial charge on any atom is 0.274 e. The monoisotopic (exact) mass is 734 g/mol. The van der Waals surface area contributed by atoms with E-state index in [2.05, 4.69) is 20.6 Å². The number of halogens is 1. The van der Waals surface area contributed by atoms with Crippen LogP contribution in [0.4, 0.5) is 0 Å². The number of aromatic nitrogens is 3. The van der Waals surface area contributed by atoms with Gasteiger partial charge in [0.15, 0.2) is 28.7 Å². The molecule has 0 bridgehead atoms. The Bertz CT molecular complexity index is 2490. The number of phenols is 4. The van der Waals surface area contributed by atoms with Crippen molar-refractivity contribution in [3.63, 3.8) is 0 Å². The minimum Gasteiger partial charge on any atom is -0.508 e. The van der Waals surface area contributed by atoms with Gasteiger partial charge in [-0.05, 0) is 73.5 Å². The maximum absolute atomic E-state index is 12.6. The van der Waals surface area contributed by atoms with Gasteiger partial charge in [0.05, 0.1) is 38.5 Å². The van der Waals surface area contributed by atoms with Crippen LogP contribution < -0.4 is 14.8 Å². The number of pyridine rings is 1. The molecule has 4 heterocycles. The highest BCUT2D eigenvalue weighted by molar-refractivity contribution is 6.32. The molecule has 1 amide bonds. The first-order chi connectivity index (χ1) is 25.6. The van der Waals surface area contributed by atoms with Crippen LogP contribution in [-0.2, 0) is 0 Å². The second kappa shape index (κ2) is 14.5. The summed E-state index contributed by atoms with van der Waals surface area (Å²) in [5.41, 5.74) is 4.89. The molecule has 0 saturated heterocycles. The molecule has 1 aliphatic rings. The number of rotatable bonds is 6. The average Bonchev–Trinajstić information content (AvgIpc) is 3.77. The Balaban J connectivity index is 0.000000167. The Labute approximate surface area is 306 Å². The smallest absolute Gasteiger partial charge is 0.274 e. The normalized spacial score (nSPS) is 11.9. The zero-order valence-electron chi connectivity index (χ0n) is 28.3. The molecule has 5 N–H and O–H groups in total. The number of benzene rings is 4. The van der Waals surface area contributed by atoms with E-state index < -0.39 is 5.91 Å². The molecule has 268 valence electrons. The van der Waals surface area contributed by atoms with Gasteiger partial charge in [-0.15, -0.1) is 0 Å². The Kier molecular flexibility index (Phi) is 9.48. The van der Waals surface area contributed by atoms with E-state index in [-0.39, 0.29) is 45.0 Å². The number of nitrogens with zero attached hydrogens (tertiary/aromatic N) is 3. The minimum atomic E-state index is -0.409. The van der Waals surface area contributed by atoms with Gasteiger partial charge < -0.3 is 44.3 Å². The summed E-state index contributed by atoms with van der Waals surface area (Å²) in [6.07, 6.45) is 1.70. The minimum absolute atomic E-state index is 0.0200. The fourth-order valence-corrected chi connectivity index (χ4v) is 6.07. The fraction of sp³-hybridized carbons (Fsp3) is 0.128. The zero-order valence-corrected chi connectivity index (χ0v) is 29.0. The first-order valence-electron chi connectivity index (χ1n) is 16.4. The van der Waals surface area contributed by atoms with Crippen molar-refractivity contribution in [3.05, 3.63) is 101 Å². The van der Waals surface area contributed by atoms with Crippen LogP contribution in [0, 0.1) is 6.92 Å². The Morgan fingerprint density at radius 1 is 0.774 bits per heavy atom. The van der Waals surface area contributed by atoms with E-state index in [0.717, 1.165) is 28.1 Å². The molecule has 0 atom stereocenters. The van der Waals surface area contributed by atoms with Crippen LogP contribution in [0.25, 0.3) is 55.8 Å². The third-order valence-corrected chi connectivity index (χ3v) is 8.67. The number of phenolic OH excluding ortho intramolecular Hbond substituents is 4. The second-order valence-corrected chi connectivity index (χ2v) is 12.3. The van der Waals surface area contributed by atoms with Crippen LogP contribution in [0.3, 0.4) is 0 Å². The molecule has 0 spiro atoms. The average molecular weight is 735 g/mol. The number of carbonyl (C=O) groups is 1. The SMILES string of the molecule is CCNC(=O)c1noc(-c2cc(Cl)c(O)cc2O)c1-c1ccc2ncccc2c1.Cc1noc(-c2ccc(O)cc2O)c1-c1ccc2c(c1)OCCO2. The van der Waals surface area contributed by atoms with Crippen molar-refractivity contribution in [2.24, 2.45) is 0 Å². The molecule has 1 aliphatic heterocycles. The highest BCUT2D eigenvalue weighted by Gasteiger charge is 2.27. The first-order valence-corrected chi connectivity index (χ1v) is 16.7. The molecule has 13 nitrogen and oxygen atoms in total. The highest BCUT2D eigenvalue weighted by atomic mass is 35.5. The van der Waals surface area contributed by atoms with E-state index in [1.165, 1.54) is 18.2 Å². The van der Waals surface area contributed by atoms with Crippen LogP contribution in [0.15, 0.2) is 94.1 Å². The predicted molar refractivity (Wildman–Crippen MR) is 195 cm³/mol. The molecule has 8 rings (SSSR count). The largest absolute Gasteiger partial charge is 0.508 e. The van der Waals surface area contributed by atoms with Crippen LogP contribution in [0.2, 0.25) is 5.02 Å². The van der Waals surface area contributed by atoms with Crippen LogP contribution in [0.5, 0.6) is 34.5 Å². The predicted octanol–water partition coefficient (Wildman–Crippen LogP) is 7.87. The quantitative estimate of drug-likeness (QED) is 0.111. The lowest BCUT2D eigenvalue weighted by atomic mass is 9.97. The first kappa shape index (κ1) is 34.7. The van der Waals surface area contributed by atoms with Gasteiger partial charge in [0, 0.05) is 30.3 Å². The second-order valence-electron chi connectivity index (χ2n) is 11.9. The van der Waals surface area contributed by atoms with Gasteiger partial charge in [-0.25, -0.2) is 0 Å². The van der Waals surface area contributed by atoms with Crippen molar-refractivity contribution in [2.75, 3.05) is 19.8 Å². The number of carbonyl (C=O) groups excluding carboxylic acids is 1. The maximum atomic E-state index is 12.6. The van der Waals surface area contributed by atoms with E-state index in [9.17, 15) is 25.2 Å². The van der Waals surface area contributed by atoms with Gasteiger partial charge in [-0.1, -0.05) is 40.1 Å². The summed E-state index contributed by atoms with van der Waals surface area (Å²) in [4.78, 5) is 16.9. The van der Waals surface area contributed by atoms with Crippen molar-refractivity contribution in [1.82, 2.24) is 20.6 Å². The molecule has 0 aliphatic carbocycles. The van der Waals surface area contributed by atoms with E-state index in [1.54, 1.807) is 25.3 Å². The molecule has 14 heteroatoms. The Hall–Kier alpha value is -6.73. The van der Waals surface area contributed by atoms with E-state index in [1.807, 2.05) is 49.4 Å². The number of aromatic hydroxyl groups is 4. The molecule has 0 unspecified atom stereocenters. The molecule has 3 aromatic heterocycles. The molecular weight excluding hydrogens is 704 g/mol. The summed E-state index contributed by atoms with van der Waals surface area (Å²) in [5, 5.41) is 51.2. The van der Waals surface area contributed by atoms with Gasteiger partial charge >= 0.3 is 0 Å². The molecule has 4 aromatic carbocycles. The number of ether oxygens (including phenoxy) is 2. The van der Waals surface area contributed by atoms with Gasteiger partial charge in [0.1, 0.15) is 36.2 Å². The highest BCUT2D eigenvalue weighted by Crippen LogP contribution is 2.44. The van der Waals surface area contributed by atoms with Gasteiger partial charge in [-0.3, -0.25) is 9.78 Å².